The molecule has 1 aromatic carbocycles. The first-order valence-corrected chi connectivity index (χ1v) is 7.37. The van der Waals surface area contributed by atoms with Crippen LogP contribution in [0.2, 0.25) is 0 Å². The van der Waals surface area contributed by atoms with E-state index in [4.69, 9.17) is 16.3 Å². The van der Waals surface area contributed by atoms with Gasteiger partial charge in [0.15, 0.2) is 6.10 Å². The molecule has 0 saturated heterocycles. The Balaban J connectivity index is 2.77. The molecule has 0 aromatic heterocycles. The van der Waals surface area contributed by atoms with Gasteiger partial charge in [-0.05, 0) is 24.1 Å². The fourth-order valence-electron chi connectivity index (χ4n) is 2.42. The summed E-state index contributed by atoms with van der Waals surface area (Å²) in [6.07, 6.45) is -4.36. The lowest BCUT2D eigenvalue weighted by Crippen LogP contribution is -2.40. The number of hydrogen-bond acceptors (Lipinski definition) is 2. The van der Waals surface area contributed by atoms with E-state index < -0.39 is 30.4 Å². The minimum Gasteiger partial charge on any atom is -0.478 e. The van der Waals surface area contributed by atoms with Crippen LogP contribution in [0.4, 0.5) is 13.2 Å². The van der Waals surface area contributed by atoms with Crippen molar-refractivity contribution in [3.63, 3.8) is 0 Å². The molecule has 0 aliphatic carbocycles. The van der Waals surface area contributed by atoms with Gasteiger partial charge >= 0.3 is 12.1 Å². The molecule has 1 atom stereocenters. The lowest BCUT2D eigenvalue weighted by Gasteiger charge is -2.30. The van der Waals surface area contributed by atoms with Crippen LogP contribution in [0.25, 0.3) is 5.57 Å². The van der Waals surface area contributed by atoms with Crippen molar-refractivity contribution in [1.82, 2.24) is 0 Å². The predicted octanol–water partition coefficient (Wildman–Crippen LogP) is 4.55. The number of benzene rings is 1. The number of alkyl halides is 3. The van der Waals surface area contributed by atoms with Gasteiger partial charge in [0.25, 0.3) is 0 Å². The molecule has 0 amide bonds. The third kappa shape index (κ3) is 3.88. The Morgan fingerprint density at radius 1 is 1.33 bits per heavy atom. The molecule has 0 bridgehead atoms. The van der Waals surface area contributed by atoms with Crippen LogP contribution in [0, 0.1) is 0 Å². The second-order valence-electron chi connectivity index (χ2n) is 5.04. The molecule has 2 rings (SSSR count). The van der Waals surface area contributed by atoms with Crippen LogP contribution < -0.4 is 0 Å². The molecule has 0 radical (unpaired) electrons. The van der Waals surface area contributed by atoms with Gasteiger partial charge in [0, 0.05) is 10.6 Å². The standard InChI is InChI=1S/C17H14ClF3O3/c1-2-12(18)8-11-9-24-15(17(19,20)21)14(16(22)23)13(11)10-6-4-3-5-7-10/h2-8,15H,9H2,1H3,(H,22,23)/b11-8+,12-2+. The maximum absolute atomic E-state index is 13.2. The number of carboxylic acid groups (broad SMARTS) is 1. The van der Waals surface area contributed by atoms with E-state index in [1.807, 2.05) is 0 Å². The van der Waals surface area contributed by atoms with Crippen molar-refractivity contribution >= 4 is 23.1 Å². The summed E-state index contributed by atoms with van der Waals surface area (Å²) in [7, 11) is 0. The molecule has 1 heterocycles. The number of halogens is 4. The van der Waals surface area contributed by atoms with E-state index in [9.17, 15) is 23.1 Å². The van der Waals surface area contributed by atoms with Gasteiger partial charge in [-0.1, -0.05) is 48.0 Å². The molecule has 0 spiro atoms. The summed E-state index contributed by atoms with van der Waals surface area (Å²) >= 11 is 5.94. The van der Waals surface area contributed by atoms with Gasteiger partial charge in [0.2, 0.25) is 0 Å². The van der Waals surface area contributed by atoms with Crippen LogP contribution in [0.3, 0.4) is 0 Å². The van der Waals surface area contributed by atoms with Crippen LogP contribution in [0.5, 0.6) is 0 Å². The molecule has 1 aliphatic rings. The molecule has 1 N–H and O–H groups in total. The first kappa shape index (κ1) is 18.3. The first-order valence-electron chi connectivity index (χ1n) is 6.99. The highest BCUT2D eigenvalue weighted by atomic mass is 35.5. The molecule has 3 nitrogen and oxygen atoms in total. The second-order valence-corrected chi connectivity index (χ2v) is 5.47. The molecular weight excluding hydrogens is 345 g/mol. The zero-order chi connectivity index (χ0) is 17.9. The van der Waals surface area contributed by atoms with Gasteiger partial charge < -0.3 is 9.84 Å². The normalized spacial score (nSPS) is 21.3. The fraction of sp³-hybridized carbons (Fsp3) is 0.235. The smallest absolute Gasteiger partial charge is 0.419 e. The number of aliphatic carboxylic acids is 1. The van der Waals surface area contributed by atoms with Crippen LogP contribution in [0.1, 0.15) is 12.5 Å². The Bertz CT molecular complexity index is 718. The maximum Gasteiger partial charge on any atom is 0.419 e. The van der Waals surface area contributed by atoms with Crippen LogP contribution in [-0.4, -0.2) is 30.0 Å². The number of hydrogen-bond donors (Lipinski definition) is 1. The molecule has 7 heteroatoms. The van der Waals surface area contributed by atoms with E-state index in [1.165, 1.54) is 6.08 Å². The number of allylic oxidation sites excluding steroid dienone is 3. The van der Waals surface area contributed by atoms with Crippen molar-refractivity contribution < 1.29 is 27.8 Å². The summed E-state index contributed by atoms with van der Waals surface area (Å²) in [5.41, 5.74) is -0.218. The summed E-state index contributed by atoms with van der Waals surface area (Å²) in [6, 6.07) is 8.03. The number of ether oxygens (including phenoxy) is 1. The minimum absolute atomic E-state index is 0.0170. The van der Waals surface area contributed by atoms with Crippen molar-refractivity contribution in [3.8, 4) is 0 Å². The molecule has 1 aliphatic heterocycles. The van der Waals surface area contributed by atoms with Gasteiger partial charge in [-0.15, -0.1) is 0 Å². The van der Waals surface area contributed by atoms with E-state index in [-0.39, 0.29) is 16.2 Å². The maximum atomic E-state index is 13.2. The lowest BCUT2D eigenvalue weighted by molar-refractivity contribution is -0.208. The molecular formula is C17H14ClF3O3. The SMILES string of the molecule is C/C=C(Cl)\C=C1/COC(C(F)(F)F)C(C(=O)O)=C1c1ccccc1. The number of carbonyl (C=O) groups is 1. The van der Waals surface area contributed by atoms with Crippen molar-refractivity contribution in [2.75, 3.05) is 6.61 Å². The highest BCUT2D eigenvalue weighted by Crippen LogP contribution is 2.40. The summed E-state index contributed by atoms with van der Waals surface area (Å²) < 4.78 is 44.5. The van der Waals surface area contributed by atoms with E-state index >= 15 is 0 Å². The highest BCUT2D eigenvalue weighted by molar-refractivity contribution is 6.31. The fourth-order valence-corrected chi connectivity index (χ4v) is 2.55. The third-order valence-corrected chi connectivity index (χ3v) is 3.76. The minimum atomic E-state index is -4.83. The Hall–Kier alpha value is -2.05. The Morgan fingerprint density at radius 3 is 2.46 bits per heavy atom. The van der Waals surface area contributed by atoms with Crippen molar-refractivity contribution in [3.05, 3.63) is 64.2 Å². The Kier molecular flexibility index (Phi) is 5.51. The van der Waals surface area contributed by atoms with Gasteiger partial charge in [-0.25, -0.2) is 4.79 Å². The van der Waals surface area contributed by atoms with Crippen molar-refractivity contribution in [2.45, 2.75) is 19.2 Å². The molecule has 24 heavy (non-hydrogen) atoms. The average Bonchev–Trinajstić information content (AvgIpc) is 2.53. The van der Waals surface area contributed by atoms with E-state index in [2.05, 4.69) is 0 Å². The number of carboxylic acids is 1. The summed E-state index contributed by atoms with van der Waals surface area (Å²) in [5.74, 6) is -1.68. The van der Waals surface area contributed by atoms with Crippen molar-refractivity contribution in [2.24, 2.45) is 0 Å². The molecule has 0 saturated carbocycles. The summed E-state index contributed by atoms with van der Waals surface area (Å²) in [4.78, 5) is 11.6. The Morgan fingerprint density at radius 2 is 1.96 bits per heavy atom. The monoisotopic (exact) mass is 358 g/mol. The largest absolute Gasteiger partial charge is 0.478 e. The first-order chi connectivity index (χ1) is 11.3. The molecule has 0 fully saturated rings. The zero-order valence-electron chi connectivity index (χ0n) is 12.6. The topological polar surface area (TPSA) is 46.5 Å². The van der Waals surface area contributed by atoms with E-state index in [0.29, 0.717) is 5.56 Å². The van der Waals surface area contributed by atoms with E-state index in [1.54, 1.807) is 43.3 Å². The Labute approximate surface area is 141 Å². The van der Waals surface area contributed by atoms with Crippen LogP contribution >= 0.6 is 11.6 Å². The zero-order valence-corrected chi connectivity index (χ0v) is 13.4. The lowest BCUT2D eigenvalue weighted by atomic mass is 9.88. The molecule has 1 aromatic rings. The second kappa shape index (κ2) is 7.23. The van der Waals surface area contributed by atoms with Gasteiger partial charge in [0.05, 0.1) is 12.2 Å². The van der Waals surface area contributed by atoms with Crippen LogP contribution in [0.15, 0.2) is 58.7 Å². The predicted molar refractivity (Wildman–Crippen MR) is 84.5 cm³/mol. The quantitative estimate of drug-likeness (QED) is 0.862. The van der Waals surface area contributed by atoms with Gasteiger partial charge in [-0.2, -0.15) is 13.2 Å². The molecule has 1 unspecified atom stereocenters. The van der Waals surface area contributed by atoms with E-state index in [0.717, 1.165) is 0 Å². The van der Waals surface area contributed by atoms with Crippen LogP contribution in [-0.2, 0) is 9.53 Å². The van der Waals surface area contributed by atoms with Gasteiger partial charge in [0.1, 0.15) is 0 Å². The molecule has 128 valence electrons. The average molecular weight is 359 g/mol. The summed E-state index contributed by atoms with van der Waals surface area (Å²) in [6.45, 7) is 1.26. The number of rotatable bonds is 3. The van der Waals surface area contributed by atoms with Gasteiger partial charge in [-0.3, -0.25) is 0 Å². The van der Waals surface area contributed by atoms with Crippen molar-refractivity contribution in [1.29, 1.82) is 0 Å². The summed E-state index contributed by atoms with van der Waals surface area (Å²) in [5, 5.41) is 9.68. The third-order valence-electron chi connectivity index (χ3n) is 3.44. The highest BCUT2D eigenvalue weighted by Gasteiger charge is 2.49.